The number of benzene rings is 3. The number of hydrogen-bond donors (Lipinski definition) is 1. The number of amides is 1. The second kappa shape index (κ2) is 8.75. The summed E-state index contributed by atoms with van der Waals surface area (Å²) in [6.45, 7) is 2.14. The standard InChI is InChI=1S/C25H23N3O3/c1-18-23(25(30)28(27(18)2)20-13-7-4-8-14-20)26-24(29)21-15-9-10-16-22(21)31-17-19-11-5-3-6-12-19/h3-16H,17H2,1-2H3,(H,26,29). The Morgan fingerprint density at radius 2 is 1.52 bits per heavy atom. The lowest BCUT2D eigenvalue weighted by Crippen LogP contribution is -2.23. The fourth-order valence-corrected chi connectivity index (χ4v) is 3.41. The number of nitrogens with zero attached hydrogens (tertiary/aromatic N) is 2. The molecule has 4 aromatic rings. The van der Waals surface area contributed by atoms with Crippen molar-refractivity contribution in [1.82, 2.24) is 9.36 Å². The molecule has 31 heavy (non-hydrogen) atoms. The minimum atomic E-state index is -0.394. The van der Waals surface area contributed by atoms with Gasteiger partial charge in [0.1, 0.15) is 18.0 Å². The first-order valence-electron chi connectivity index (χ1n) is 9.97. The van der Waals surface area contributed by atoms with Gasteiger partial charge in [0, 0.05) is 7.05 Å². The second-order valence-corrected chi connectivity index (χ2v) is 7.16. The minimum absolute atomic E-state index is 0.245. The maximum atomic E-state index is 13.1. The van der Waals surface area contributed by atoms with Crippen LogP contribution in [-0.2, 0) is 13.7 Å². The lowest BCUT2D eigenvalue weighted by molar-refractivity contribution is 0.102. The highest BCUT2D eigenvalue weighted by Crippen LogP contribution is 2.22. The van der Waals surface area contributed by atoms with E-state index in [1.807, 2.05) is 66.7 Å². The normalized spacial score (nSPS) is 10.6. The first kappa shape index (κ1) is 20.2. The van der Waals surface area contributed by atoms with Crippen molar-refractivity contribution in [3.63, 3.8) is 0 Å². The van der Waals surface area contributed by atoms with Gasteiger partial charge in [0.15, 0.2) is 0 Å². The van der Waals surface area contributed by atoms with Crippen LogP contribution in [0.5, 0.6) is 5.75 Å². The van der Waals surface area contributed by atoms with Gasteiger partial charge in [-0.15, -0.1) is 0 Å². The lowest BCUT2D eigenvalue weighted by Gasteiger charge is -2.11. The highest BCUT2D eigenvalue weighted by Gasteiger charge is 2.20. The summed E-state index contributed by atoms with van der Waals surface area (Å²) in [6.07, 6.45) is 0. The van der Waals surface area contributed by atoms with E-state index in [2.05, 4.69) is 5.32 Å². The van der Waals surface area contributed by atoms with Crippen molar-refractivity contribution < 1.29 is 9.53 Å². The molecule has 0 saturated carbocycles. The zero-order chi connectivity index (χ0) is 21.8. The molecule has 0 spiro atoms. The molecule has 4 rings (SSSR count). The Kier molecular flexibility index (Phi) is 5.71. The molecule has 0 fully saturated rings. The number of rotatable bonds is 6. The van der Waals surface area contributed by atoms with Crippen LogP contribution in [0.15, 0.2) is 89.7 Å². The predicted molar refractivity (Wildman–Crippen MR) is 121 cm³/mol. The average molecular weight is 413 g/mol. The van der Waals surface area contributed by atoms with Crippen LogP contribution < -0.4 is 15.6 Å². The van der Waals surface area contributed by atoms with Crippen LogP contribution in [0.3, 0.4) is 0 Å². The van der Waals surface area contributed by atoms with Crippen molar-refractivity contribution in [2.24, 2.45) is 7.05 Å². The summed E-state index contributed by atoms with van der Waals surface area (Å²) in [5.41, 5.74) is 2.71. The summed E-state index contributed by atoms with van der Waals surface area (Å²) < 4.78 is 9.15. The van der Waals surface area contributed by atoms with E-state index in [1.165, 1.54) is 4.68 Å². The van der Waals surface area contributed by atoms with Crippen molar-refractivity contribution >= 4 is 11.6 Å². The van der Waals surface area contributed by atoms with Crippen LogP contribution in [0.1, 0.15) is 21.6 Å². The zero-order valence-corrected chi connectivity index (χ0v) is 17.4. The third-order valence-electron chi connectivity index (χ3n) is 5.16. The van der Waals surface area contributed by atoms with Gasteiger partial charge in [-0.25, -0.2) is 4.68 Å². The summed E-state index contributed by atoms with van der Waals surface area (Å²) in [5, 5.41) is 2.79. The second-order valence-electron chi connectivity index (χ2n) is 7.16. The molecule has 1 heterocycles. The first-order chi connectivity index (χ1) is 15.1. The topological polar surface area (TPSA) is 65.3 Å². The molecule has 0 saturated heterocycles. The Labute approximate surface area is 180 Å². The van der Waals surface area contributed by atoms with E-state index in [4.69, 9.17) is 4.74 Å². The van der Waals surface area contributed by atoms with E-state index in [1.54, 1.807) is 36.9 Å². The molecule has 0 bridgehead atoms. The van der Waals surface area contributed by atoms with Gasteiger partial charge >= 0.3 is 0 Å². The van der Waals surface area contributed by atoms with Crippen molar-refractivity contribution in [1.29, 1.82) is 0 Å². The smallest absolute Gasteiger partial charge is 0.295 e. The molecule has 3 aromatic carbocycles. The highest BCUT2D eigenvalue weighted by molar-refractivity contribution is 6.06. The Morgan fingerprint density at radius 1 is 0.903 bits per heavy atom. The molecular formula is C25H23N3O3. The van der Waals surface area contributed by atoms with Crippen LogP contribution in [-0.4, -0.2) is 15.3 Å². The first-order valence-corrected chi connectivity index (χ1v) is 9.97. The van der Waals surface area contributed by atoms with E-state index in [9.17, 15) is 9.59 Å². The van der Waals surface area contributed by atoms with Gasteiger partial charge in [-0.05, 0) is 36.8 Å². The van der Waals surface area contributed by atoms with Gasteiger partial charge in [0.25, 0.3) is 11.5 Å². The molecule has 0 atom stereocenters. The third kappa shape index (κ3) is 4.14. The van der Waals surface area contributed by atoms with Crippen molar-refractivity contribution in [3.8, 4) is 11.4 Å². The minimum Gasteiger partial charge on any atom is -0.488 e. The molecule has 1 aromatic heterocycles. The molecule has 0 unspecified atom stereocenters. The monoisotopic (exact) mass is 413 g/mol. The summed E-state index contributed by atoms with van der Waals surface area (Å²) in [5.74, 6) is 0.0653. The van der Waals surface area contributed by atoms with Gasteiger partial charge in [-0.2, -0.15) is 0 Å². The summed E-state index contributed by atoms with van der Waals surface area (Å²) in [4.78, 5) is 26.1. The Morgan fingerprint density at radius 3 is 2.23 bits per heavy atom. The zero-order valence-electron chi connectivity index (χ0n) is 17.4. The van der Waals surface area contributed by atoms with Crippen LogP contribution in [0.4, 0.5) is 5.69 Å². The van der Waals surface area contributed by atoms with Crippen molar-refractivity contribution in [2.45, 2.75) is 13.5 Å². The maximum Gasteiger partial charge on any atom is 0.295 e. The lowest BCUT2D eigenvalue weighted by atomic mass is 10.1. The number of carbonyl (C=O) groups excluding carboxylic acids is 1. The number of aromatic nitrogens is 2. The van der Waals surface area contributed by atoms with E-state index in [0.717, 1.165) is 11.3 Å². The van der Waals surface area contributed by atoms with E-state index >= 15 is 0 Å². The SMILES string of the molecule is Cc1c(NC(=O)c2ccccc2OCc2ccccc2)c(=O)n(-c2ccccc2)n1C. The summed E-state index contributed by atoms with van der Waals surface area (Å²) >= 11 is 0. The average Bonchev–Trinajstić information content (AvgIpc) is 3.02. The van der Waals surface area contributed by atoms with Crippen LogP contribution in [0, 0.1) is 6.92 Å². The van der Waals surface area contributed by atoms with Crippen LogP contribution in [0.25, 0.3) is 5.69 Å². The number of anilines is 1. The third-order valence-corrected chi connectivity index (χ3v) is 5.16. The van der Waals surface area contributed by atoms with Crippen molar-refractivity contribution in [2.75, 3.05) is 5.32 Å². The fraction of sp³-hybridized carbons (Fsp3) is 0.120. The quantitative estimate of drug-likeness (QED) is 0.512. The molecule has 0 aliphatic heterocycles. The predicted octanol–water partition coefficient (Wildman–Crippen LogP) is 4.32. The van der Waals surface area contributed by atoms with E-state index in [0.29, 0.717) is 23.6 Å². The molecule has 1 N–H and O–H groups in total. The Bertz CT molecular complexity index is 1260. The van der Waals surface area contributed by atoms with Crippen molar-refractivity contribution in [3.05, 3.63) is 112 Å². The number of carbonyl (C=O) groups is 1. The summed E-state index contributed by atoms with van der Waals surface area (Å²) in [6, 6.07) is 26.1. The maximum absolute atomic E-state index is 13.1. The Balaban J connectivity index is 1.61. The van der Waals surface area contributed by atoms with Gasteiger partial charge < -0.3 is 10.1 Å². The number of hydrogen-bond acceptors (Lipinski definition) is 3. The molecule has 6 heteroatoms. The molecule has 0 aliphatic carbocycles. The molecule has 0 aliphatic rings. The summed E-state index contributed by atoms with van der Waals surface area (Å²) in [7, 11) is 1.79. The number of para-hydroxylation sites is 2. The Hall–Kier alpha value is -4.06. The molecule has 6 nitrogen and oxygen atoms in total. The van der Waals surface area contributed by atoms with E-state index < -0.39 is 5.91 Å². The van der Waals surface area contributed by atoms with Gasteiger partial charge in [-0.3, -0.25) is 14.3 Å². The highest BCUT2D eigenvalue weighted by atomic mass is 16.5. The van der Waals surface area contributed by atoms with Crippen LogP contribution >= 0.6 is 0 Å². The fourth-order valence-electron chi connectivity index (χ4n) is 3.41. The number of nitrogens with one attached hydrogen (secondary N) is 1. The molecule has 0 radical (unpaired) electrons. The van der Waals surface area contributed by atoms with Crippen LogP contribution in [0.2, 0.25) is 0 Å². The van der Waals surface area contributed by atoms with Gasteiger partial charge in [0.2, 0.25) is 0 Å². The molecule has 156 valence electrons. The number of ether oxygens (including phenoxy) is 1. The molecule has 1 amide bonds. The van der Waals surface area contributed by atoms with E-state index in [-0.39, 0.29) is 11.2 Å². The van der Waals surface area contributed by atoms with Gasteiger partial charge in [0.05, 0.1) is 16.9 Å². The largest absolute Gasteiger partial charge is 0.488 e. The van der Waals surface area contributed by atoms with Gasteiger partial charge in [-0.1, -0.05) is 60.7 Å². The molecular weight excluding hydrogens is 390 g/mol.